The van der Waals surface area contributed by atoms with Gasteiger partial charge in [0.2, 0.25) is 5.95 Å². The lowest BCUT2D eigenvalue weighted by Gasteiger charge is -2.35. The normalized spacial score (nSPS) is 15.2. The van der Waals surface area contributed by atoms with Crippen molar-refractivity contribution in [2.24, 2.45) is 10.7 Å². The summed E-state index contributed by atoms with van der Waals surface area (Å²) in [5.41, 5.74) is 8.24. The van der Waals surface area contributed by atoms with E-state index in [0.29, 0.717) is 12.5 Å². The van der Waals surface area contributed by atoms with Gasteiger partial charge in [-0.2, -0.15) is 5.10 Å². The molecule has 3 heterocycles. The van der Waals surface area contributed by atoms with Crippen molar-refractivity contribution in [1.29, 1.82) is 0 Å². The second kappa shape index (κ2) is 7.81. The summed E-state index contributed by atoms with van der Waals surface area (Å²) >= 11 is 0. The Morgan fingerprint density at radius 2 is 1.89 bits per heavy atom. The van der Waals surface area contributed by atoms with Crippen LogP contribution in [0.5, 0.6) is 0 Å². The van der Waals surface area contributed by atoms with Crippen LogP contribution in [0, 0.1) is 0 Å². The molecular formula is C18H21N9. The molecule has 0 unspecified atom stereocenters. The number of piperazine rings is 1. The Hall–Kier alpha value is -3.49. The Morgan fingerprint density at radius 3 is 2.63 bits per heavy atom. The van der Waals surface area contributed by atoms with Crippen LogP contribution >= 0.6 is 0 Å². The molecule has 1 aliphatic heterocycles. The lowest BCUT2D eigenvalue weighted by molar-refractivity contribution is 0.378. The SMILES string of the molecule is NC(=NCc1cccc(-n2cncn2)c1)N1CCN(c2ncccn2)CC1. The van der Waals surface area contributed by atoms with E-state index in [-0.39, 0.29) is 0 Å². The van der Waals surface area contributed by atoms with Gasteiger partial charge in [0, 0.05) is 38.6 Å². The first-order valence-electron chi connectivity index (χ1n) is 8.80. The molecule has 9 heteroatoms. The second-order valence-electron chi connectivity index (χ2n) is 6.21. The Labute approximate surface area is 157 Å². The fourth-order valence-electron chi connectivity index (χ4n) is 3.00. The Morgan fingerprint density at radius 1 is 1.07 bits per heavy atom. The molecule has 1 aromatic carbocycles. The molecule has 0 saturated carbocycles. The van der Waals surface area contributed by atoms with Crippen molar-refractivity contribution in [2.75, 3.05) is 31.1 Å². The zero-order valence-corrected chi connectivity index (χ0v) is 14.9. The first-order valence-corrected chi connectivity index (χ1v) is 8.80. The first-order chi connectivity index (χ1) is 13.3. The third-order valence-corrected chi connectivity index (χ3v) is 4.46. The number of hydrogen-bond donors (Lipinski definition) is 1. The Bertz CT molecular complexity index is 884. The van der Waals surface area contributed by atoms with E-state index in [4.69, 9.17) is 5.73 Å². The van der Waals surface area contributed by atoms with E-state index in [1.165, 1.54) is 6.33 Å². The zero-order valence-electron chi connectivity index (χ0n) is 14.9. The van der Waals surface area contributed by atoms with Gasteiger partial charge in [-0.25, -0.2) is 24.6 Å². The summed E-state index contributed by atoms with van der Waals surface area (Å²) < 4.78 is 1.72. The minimum atomic E-state index is 0.524. The van der Waals surface area contributed by atoms with Crippen molar-refractivity contribution >= 4 is 11.9 Å². The molecular weight excluding hydrogens is 342 g/mol. The third kappa shape index (κ3) is 4.02. The molecule has 0 radical (unpaired) electrons. The molecule has 0 spiro atoms. The zero-order chi connectivity index (χ0) is 18.5. The maximum atomic E-state index is 6.21. The van der Waals surface area contributed by atoms with Gasteiger partial charge in [0.25, 0.3) is 0 Å². The number of nitrogens with two attached hydrogens (primary N) is 1. The van der Waals surface area contributed by atoms with Crippen LogP contribution in [0.4, 0.5) is 5.95 Å². The van der Waals surface area contributed by atoms with Crippen LogP contribution in [0.2, 0.25) is 0 Å². The van der Waals surface area contributed by atoms with Crippen LogP contribution in [-0.4, -0.2) is 61.8 Å². The molecule has 9 nitrogen and oxygen atoms in total. The van der Waals surface area contributed by atoms with E-state index >= 15 is 0 Å². The van der Waals surface area contributed by atoms with Gasteiger partial charge in [-0.05, 0) is 23.8 Å². The summed E-state index contributed by atoms with van der Waals surface area (Å²) in [7, 11) is 0. The molecule has 1 saturated heterocycles. The highest BCUT2D eigenvalue weighted by atomic mass is 15.4. The fourth-order valence-corrected chi connectivity index (χ4v) is 3.00. The molecule has 1 aliphatic rings. The van der Waals surface area contributed by atoms with Gasteiger partial charge in [-0.15, -0.1) is 0 Å². The van der Waals surface area contributed by atoms with E-state index < -0.39 is 0 Å². The van der Waals surface area contributed by atoms with Crippen LogP contribution in [0.3, 0.4) is 0 Å². The van der Waals surface area contributed by atoms with Crippen LogP contribution in [0.15, 0.2) is 60.4 Å². The summed E-state index contributed by atoms with van der Waals surface area (Å²) in [5, 5.41) is 4.15. The number of hydrogen-bond acceptors (Lipinski definition) is 6. The highest BCUT2D eigenvalue weighted by Gasteiger charge is 2.19. The second-order valence-corrected chi connectivity index (χ2v) is 6.21. The molecule has 0 aliphatic carbocycles. The highest BCUT2D eigenvalue weighted by molar-refractivity contribution is 5.78. The summed E-state index contributed by atoms with van der Waals surface area (Å²) in [4.78, 5) is 21.4. The van der Waals surface area contributed by atoms with E-state index in [0.717, 1.165) is 43.4 Å². The molecule has 4 rings (SSSR count). The van der Waals surface area contributed by atoms with E-state index in [1.807, 2.05) is 30.3 Å². The minimum Gasteiger partial charge on any atom is -0.370 e. The quantitative estimate of drug-likeness (QED) is 0.538. The minimum absolute atomic E-state index is 0.524. The van der Waals surface area contributed by atoms with E-state index in [2.05, 4.69) is 34.8 Å². The number of benzene rings is 1. The van der Waals surface area contributed by atoms with Gasteiger partial charge in [-0.3, -0.25) is 0 Å². The van der Waals surface area contributed by atoms with Crippen molar-refractivity contribution in [3.63, 3.8) is 0 Å². The van der Waals surface area contributed by atoms with Crippen LogP contribution in [0.25, 0.3) is 5.69 Å². The van der Waals surface area contributed by atoms with Crippen molar-refractivity contribution < 1.29 is 0 Å². The molecule has 138 valence electrons. The lowest BCUT2D eigenvalue weighted by atomic mass is 10.2. The Balaban J connectivity index is 1.36. The topological polar surface area (TPSA) is 101 Å². The number of nitrogens with zero attached hydrogens (tertiary/aromatic N) is 8. The largest absolute Gasteiger partial charge is 0.370 e. The van der Waals surface area contributed by atoms with Gasteiger partial charge < -0.3 is 15.5 Å². The summed E-state index contributed by atoms with van der Waals surface area (Å²) in [6.07, 6.45) is 6.71. The molecule has 27 heavy (non-hydrogen) atoms. The molecule has 3 aromatic rings. The monoisotopic (exact) mass is 363 g/mol. The molecule has 1 fully saturated rings. The molecule has 0 bridgehead atoms. The summed E-state index contributed by atoms with van der Waals surface area (Å²) in [6.45, 7) is 3.76. The smallest absolute Gasteiger partial charge is 0.225 e. The summed E-state index contributed by atoms with van der Waals surface area (Å²) in [6, 6.07) is 9.85. The molecule has 2 N–H and O–H groups in total. The van der Waals surface area contributed by atoms with Crippen molar-refractivity contribution in [2.45, 2.75) is 6.54 Å². The highest BCUT2D eigenvalue weighted by Crippen LogP contribution is 2.12. The maximum Gasteiger partial charge on any atom is 0.225 e. The predicted octanol–water partition coefficient (Wildman–Crippen LogP) is 0.694. The maximum absolute atomic E-state index is 6.21. The van der Waals surface area contributed by atoms with Gasteiger partial charge in [0.05, 0.1) is 12.2 Å². The first kappa shape index (κ1) is 17.0. The van der Waals surface area contributed by atoms with Crippen LogP contribution in [-0.2, 0) is 6.54 Å². The predicted molar refractivity (Wildman–Crippen MR) is 103 cm³/mol. The van der Waals surface area contributed by atoms with Gasteiger partial charge in [0.15, 0.2) is 5.96 Å². The Kier molecular flexibility index (Phi) is 4.91. The van der Waals surface area contributed by atoms with Gasteiger partial charge in [0.1, 0.15) is 12.7 Å². The standard InChI is InChI=1S/C18H21N9/c19-17(25-7-9-26(10-8-25)18-21-5-2-6-22-18)23-12-15-3-1-4-16(11-15)27-14-20-13-24-27/h1-6,11,13-14H,7-10,12H2,(H2,19,23). The number of anilines is 1. The molecule has 0 amide bonds. The molecule has 2 aromatic heterocycles. The van der Waals surface area contributed by atoms with Crippen LogP contribution in [0.1, 0.15) is 5.56 Å². The number of rotatable bonds is 4. The molecule has 0 atom stereocenters. The third-order valence-electron chi connectivity index (χ3n) is 4.46. The summed E-state index contributed by atoms with van der Waals surface area (Å²) in [5.74, 6) is 1.33. The van der Waals surface area contributed by atoms with Crippen molar-refractivity contribution in [3.05, 3.63) is 60.9 Å². The van der Waals surface area contributed by atoms with Crippen molar-refractivity contribution in [1.82, 2.24) is 29.6 Å². The van der Waals surface area contributed by atoms with E-state index in [9.17, 15) is 0 Å². The fraction of sp³-hybridized carbons (Fsp3) is 0.278. The average Bonchev–Trinajstić information content (AvgIpc) is 3.28. The average molecular weight is 363 g/mol. The number of aromatic nitrogens is 5. The van der Waals surface area contributed by atoms with Gasteiger partial charge >= 0.3 is 0 Å². The van der Waals surface area contributed by atoms with E-state index in [1.54, 1.807) is 23.4 Å². The van der Waals surface area contributed by atoms with Crippen LogP contribution < -0.4 is 10.6 Å². The number of aliphatic imine (C=N–C) groups is 1. The van der Waals surface area contributed by atoms with Crippen molar-refractivity contribution in [3.8, 4) is 5.69 Å². The lowest BCUT2D eigenvalue weighted by Crippen LogP contribution is -2.51. The van der Waals surface area contributed by atoms with Gasteiger partial charge in [-0.1, -0.05) is 12.1 Å². The number of guanidine groups is 1.